The van der Waals surface area contributed by atoms with E-state index < -0.39 is 18.2 Å². The molecule has 0 saturated heterocycles. The van der Waals surface area contributed by atoms with Gasteiger partial charge in [0.1, 0.15) is 30.3 Å². The van der Waals surface area contributed by atoms with Crippen LogP contribution in [-0.2, 0) is 0 Å². The lowest BCUT2D eigenvalue weighted by Gasteiger charge is -2.17. The van der Waals surface area contributed by atoms with Crippen molar-refractivity contribution >= 4 is 32.7 Å². The first-order valence-electron chi connectivity index (χ1n) is 8.98. The molecular weight excluding hydrogens is 493 g/mol. The third-order valence-electron chi connectivity index (χ3n) is 4.31. The highest BCUT2D eigenvalue weighted by Crippen LogP contribution is 2.34. The van der Waals surface area contributed by atoms with Gasteiger partial charge in [-0.15, -0.1) is 13.2 Å². The molecule has 1 atom stereocenters. The fourth-order valence-corrected chi connectivity index (χ4v) is 3.52. The van der Waals surface area contributed by atoms with Gasteiger partial charge in [0, 0.05) is 16.1 Å². The number of halogens is 4. The van der Waals surface area contributed by atoms with E-state index in [1.807, 2.05) is 6.07 Å². The zero-order valence-electron chi connectivity index (χ0n) is 16.2. The first-order chi connectivity index (χ1) is 15.2. The summed E-state index contributed by atoms with van der Waals surface area (Å²) in [6, 6.07) is 7.13. The highest BCUT2D eigenvalue weighted by Gasteiger charge is 2.31. The van der Waals surface area contributed by atoms with Crippen molar-refractivity contribution in [1.82, 2.24) is 29.7 Å². The molecule has 0 aliphatic rings. The van der Waals surface area contributed by atoms with E-state index in [0.717, 1.165) is 0 Å². The molecule has 0 fully saturated rings. The monoisotopic (exact) mass is 504 g/mol. The van der Waals surface area contributed by atoms with Crippen LogP contribution >= 0.6 is 15.9 Å². The smallest absolute Gasteiger partial charge is 0.406 e. The summed E-state index contributed by atoms with van der Waals surface area (Å²) in [5.74, 6) is 0.780. The summed E-state index contributed by atoms with van der Waals surface area (Å²) < 4.78 is 43.9. The largest absolute Gasteiger partial charge is 0.573 e. The molecule has 0 saturated carbocycles. The molecule has 0 radical (unpaired) electrons. The second-order valence-electron chi connectivity index (χ2n) is 6.48. The van der Waals surface area contributed by atoms with Crippen LogP contribution in [0.15, 0.2) is 47.6 Å². The Morgan fingerprint density at radius 1 is 1.16 bits per heavy atom. The van der Waals surface area contributed by atoms with E-state index in [1.165, 1.54) is 35.7 Å². The molecule has 0 bridgehead atoms. The minimum Gasteiger partial charge on any atom is -0.406 e. The van der Waals surface area contributed by atoms with Crippen LogP contribution in [0.1, 0.15) is 24.4 Å². The molecule has 1 aromatic carbocycles. The first-order valence-corrected chi connectivity index (χ1v) is 9.77. The Morgan fingerprint density at radius 2 is 1.97 bits per heavy atom. The van der Waals surface area contributed by atoms with Crippen molar-refractivity contribution in [3.63, 3.8) is 0 Å². The lowest BCUT2D eigenvalue weighted by atomic mass is 10.2. The van der Waals surface area contributed by atoms with Gasteiger partial charge in [-0.05, 0) is 47.1 Å². The Bertz CT molecular complexity index is 1320. The molecule has 0 aliphatic carbocycles. The Hall–Kier alpha value is -3.79. The van der Waals surface area contributed by atoms with Gasteiger partial charge >= 0.3 is 6.36 Å². The molecule has 3 aromatic heterocycles. The highest BCUT2D eigenvalue weighted by atomic mass is 79.9. The van der Waals surface area contributed by atoms with Crippen LogP contribution in [0.4, 0.5) is 19.0 Å². The Labute approximate surface area is 187 Å². The fourth-order valence-electron chi connectivity index (χ4n) is 2.98. The second-order valence-corrected chi connectivity index (χ2v) is 7.34. The van der Waals surface area contributed by atoms with Crippen LogP contribution in [0.3, 0.4) is 0 Å². The number of nitrogens with zero attached hydrogens (tertiary/aromatic N) is 7. The van der Waals surface area contributed by atoms with E-state index in [4.69, 9.17) is 5.26 Å². The number of rotatable bonds is 5. The van der Waals surface area contributed by atoms with Crippen molar-refractivity contribution in [2.45, 2.75) is 19.3 Å². The van der Waals surface area contributed by atoms with Gasteiger partial charge in [0.25, 0.3) is 0 Å². The number of hydrogen-bond acceptors (Lipinski definition) is 8. The third-order valence-corrected chi connectivity index (χ3v) is 4.91. The van der Waals surface area contributed by atoms with Crippen molar-refractivity contribution in [2.24, 2.45) is 0 Å². The third kappa shape index (κ3) is 4.45. The zero-order chi connectivity index (χ0) is 22.9. The molecule has 32 heavy (non-hydrogen) atoms. The molecule has 0 aliphatic heterocycles. The van der Waals surface area contributed by atoms with Gasteiger partial charge in [-0.1, -0.05) is 0 Å². The molecule has 162 valence electrons. The zero-order valence-corrected chi connectivity index (χ0v) is 17.8. The van der Waals surface area contributed by atoms with Gasteiger partial charge < -0.3 is 10.1 Å². The second kappa shape index (κ2) is 8.39. The molecule has 3 heterocycles. The molecule has 13 heteroatoms. The Balaban J connectivity index is 1.68. The van der Waals surface area contributed by atoms with E-state index >= 15 is 0 Å². The number of benzene rings is 1. The molecule has 1 unspecified atom stereocenters. The maximum atomic E-state index is 12.7. The van der Waals surface area contributed by atoms with E-state index in [9.17, 15) is 13.2 Å². The number of alkyl halides is 3. The van der Waals surface area contributed by atoms with Crippen LogP contribution < -0.4 is 10.1 Å². The average molecular weight is 505 g/mol. The predicted octanol–water partition coefficient (Wildman–Crippen LogP) is 4.31. The maximum absolute atomic E-state index is 12.7. The van der Waals surface area contributed by atoms with Gasteiger partial charge in [-0.2, -0.15) is 15.0 Å². The molecule has 4 rings (SSSR count). The normalized spacial score (nSPS) is 12.4. The molecule has 9 nitrogen and oxygen atoms in total. The van der Waals surface area contributed by atoms with E-state index in [-0.39, 0.29) is 5.82 Å². The van der Waals surface area contributed by atoms with Crippen molar-refractivity contribution in [3.05, 3.63) is 59.0 Å². The summed E-state index contributed by atoms with van der Waals surface area (Å²) in [5.41, 5.74) is 0.802. The lowest BCUT2D eigenvalue weighted by Crippen LogP contribution is -2.17. The molecule has 4 aromatic rings. The molecule has 0 spiro atoms. The summed E-state index contributed by atoms with van der Waals surface area (Å²) in [4.78, 5) is 16.8. The van der Waals surface area contributed by atoms with Crippen LogP contribution in [0.25, 0.3) is 16.7 Å². The highest BCUT2D eigenvalue weighted by molar-refractivity contribution is 9.10. The molecular formula is C19H12BrF3N8O. The van der Waals surface area contributed by atoms with Gasteiger partial charge in [0.2, 0.25) is 0 Å². The number of pyridine rings is 1. The number of anilines is 1. The standard InChI is InChI=1S/C19H12BrF3N8O/c1-10(18-28-9-29-31(18)15-3-2-11(6-24)7-25-15)30-17-13-4-12(32-19(21,22)23)5-14(20)16(13)26-8-27-17/h2-5,7-10H,1H3,(H,26,27,30). The van der Waals surface area contributed by atoms with Gasteiger partial charge in [0.05, 0.1) is 17.1 Å². The van der Waals surface area contributed by atoms with Crippen LogP contribution in [0.5, 0.6) is 5.75 Å². The Kier molecular flexibility index (Phi) is 5.62. The minimum absolute atomic E-state index is 0.276. The summed E-state index contributed by atoms with van der Waals surface area (Å²) in [6.45, 7) is 1.78. The Morgan fingerprint density at radius 3 is 2.66 bits per heavy atom. The number of ether oxygens (including phenoxy) is 1. The van der Waals surface area contributed by atoms with Crippen molar-refractivity contribution in [2.75, 3.05) is 5.32 Å². The van der Waals surface area contributed by atoms with E-state index in [1.54, 1.807) is 19.1 Å². The maximum Gasteiger partial charge on any atom is 0.573 e. The summed E-state index contributed by atoms with van der Waals surface area (Å²) in [7, 11) is 0. The van der Waals surface area contributed by atoms with Crippen molar-refractivity contribution in [1.29, 1.82) is 5.26 Å². The van der Waals surface area contributed by atoms with Crippen molar-refractivity contribution in [3.8, 4) is 17.6 Å². The fraction of sp³-hybridized carbons (Fsp3) is 0.158. The van der Waals surface area contributed by atoms with Crippen molar-refractivity contribution < 1.29 is 17.9 Å². The average Bonchev–Trinajstić information content (AvgIpc) is 3.23. The van der Waals surface area contributed by atoms with Gasteiger partial charge in [-0.3, -0.25) is 0 Å². The quantitative estimate of drug-likeness (QED) is 0.427. The van der Waals surface area contributed by atoms with Crippen LogP contribution in [0.2, 0.25) is 0 Å². The SMILES string of the molecule is CC(Nc1ncnc2c(Br)cc(OC(F)(F)F)cc12)c1ncnn1-c1ccc(C#N)cn1. The topological polar surface area (TPSA) is 114 Å². The summed E-state index contributed by atoms with van der Waals surface area (Å²) >= 11 is 3.23. The van der Waals surface area contributed by atoms with E-state index in [0.29, 0.717) is 32.6 Å². The predicted molar refractivity (Wildman–Crippen MR) is 110 cm³/mol. The minimum atomic E-state index is -4.84. The number of nitriles is 1. The first kappa shape index (κ1) is 21.4. The van der Waals surface area contributed by atoms with Gasteiger partial charge in [0.15, 0.2) is 11.6 Å². The van der Waals surface area contributed by atoms with Crippen LogP contribution in [0, 0.1) is 11.3 Å². The number of fused-ring (bicyclic) bond motifs is 1. The molecule has 1 N–H and O–H groups in total. The lowest BCUT2D eigenvalue weighted by molar-refractivity contribution is -0.274. The number of nitrogens with one attached hydrogen (secondary N) is 1. The number of aromatic nitrogens is 6. The van der Waals surface area contributed by atoms with Crippen LogP contribution in [-0.4, -0.2) is 36.1 Å². The number of hydrogen-bond donors (Lipinski definition) is 1. The van der Waals surface area contributed by atoms with Gasteiger partial charge in [-0.25, -0.2) is 19.9 Å². The molecule has 0 amide bonds. The van der Waals surface area contributed by atoms with E-state index in [2.05, 4.69) is 51.0 Å². The summed E-state index contributed by atoms with van der Waals surface area (Å²) in [6.07, 6.45) is -0.790. The summed E-state index contributed by atoms with van der Waals surface area (Å²) in [5, 5.41) is 16.5.